The molecule has 0 radical (unpaired) electrons. The average Bonchev–Trinajstić information content (AvgIpc) is 2.95. The van der Waals surface area contributed by atoms with E-state index in [1.54, 1.807) is 18.5 Å². The molecule has 2 aromatic rings. The molecule has 1 saturated carbocycles. The van der Waals surface area contributed by atoms with Crippen molar-refractivity contribution < 1.29 is 4.79 Å². The Kier molecular flexibility index (Phi) is 4.51. The number of aromatic nitrogens is 3. The maximum absolute atomic E-state index is 12.2. The van der Waals surface area contributed by atoms with Crippen LogP contribution in [0.15, 0.2) is 24.5 Å². The number of nitrogens with zero attached hydrogens (tertiary/aromatic N) is 2. The van der Waals surface area contributed by atoms with Gasteiger partial charge in [0.05, 0.1) is 0 Å². The Labute approximate surface area is 130 Å². The van der Waals surface area contributed by atoms with Crippen LogP contribution < -0.4 is 5.32 Å². The number of aromatic amines is 1. The van der Waals surface area contributed by atoms with Gasteiger partial charge in [0.2, 0.25) is 0 Å². The predicted octanol–water partition coefficient (Wildman–Crippen LogP) is 3.49. The largest absolute Gasteiger partial charge is 0.305 e. The Balaban J connectivity index is 1.61. The fourth-order valence-corrected chi connectivity index (χ4v) is 3.14. The minimum absolute atomic E-state index is 0.143. The molecule has 1 aliphatic rings. The summed E-state index contributed by atoms with van der Waals surface area (Å²) in [7, 11) is 0. The van der Waals surface area contributed by atoms with E-state index in [-0.39, 0.29) is 5.91 Å². The number of rotatable bonds is 4. The summed E-state index contributed by atoms with van der Waals surface area (Å²) in [5, 5.41) is 10.1. The molecule has 2 heterocycles. The van der Waals surface area contributed by atoms with Crippen LogP contribution in [0, 0.1) is 12.8 Å². The molecule has 0 aromatic carbocycles. The maximum atomic E-state index is 12.2. The van der Waals surface area contributed by atoms with Gasteiger partial charge in [0.25, 0.3) is 5.91 Å². The van der Waals surface area contributed by atoms with Crippen LogP contribution in [-0.4, -0.2) is 21.1 Å². The molecule has 0 spiro atoms. The van der Waals surface area contributed by atoms with Crippen molar-refractivity contribution in [1.29, 1.82) is 0 Å². The molecule has 0 saturated heterocycles. The van der Waals surface area contributed by atoms with Crippen molar-refractivity contribution in [3.8, 4) is 0 Å². The molecule has 0 bridgehead atoms. The average molecular weight is 298 g/mol. The van der Waals surface area contributed by atoms with Crippen LogP contribution in [0.2, 0.25) is 0 Å². The Morgan fingerprint density at radius 3 is 2.95 bits per heavy atom. The van der Waals surface area contributed by atoms with E-state index in [1.807, 2.05) is 13.0 Å². The van der Waals surface area contributed by atoms with Crippen molar-refractivity contribution in [2.45, 2.75) is 45.4 Å². The molecule has 0 atom stereocenters. The second-order valence-corrected chi connectivity index (χ2v) is 6.13. The van der Waals surface area contributed by atoms with Crippen LogP contribution in [-0.2, 0) is 6.42 Å². The van der Waals surface area contributed by atoms with Gasteiger partial charge in [-0.3, -0.25) is 14.9 Å². The van der Waals surface area contributed by atoms with Crippen molar-refractivity contribution in [1.82, 2.24) is 15.2 Å². The van der Waals surface area contributed by atoms with Crippen molar-refractivity contribution in [3.63, 3.8) is 0 Å². The first-order chi connectivity index (χ1) is 10.7. The summed E-state index contributed by atoms with van der Waals surface area (Å²) >= 11 is 0. The van der Waals surface area contributed by atoms with Gasteiger partial charge in [-0.25, -0.2) is 0 Å². The minimum Gasteiger partial charge on any atom is -0.305 e. The predicted molar refractivity (Wildman–Crippen MR) is 85.8 cm³/mol. The lowest BCUT2D eigenvalue weighted by atomic mass is 9.86. The van der Waals surface area contributed by atoms with Crippen LogP contribution in [0.1, 0.15) is 53.7 Å². The molecule has 0 aliphatic heterocycles. The standard InChI is InChI=1S/C17H22N4O/c1-12-11-18-8-7-15(12)17(22)19-16-10-14(20-21-16)9-13-5-3-2-4-6-13/h7-8,10-11,13H,2-6,9H2,1H3,(H2,19,20,21,22). The third-order valence-corrected chi connectivity index (χ3v) is 4.37. The number of hydrogen-bond acceptors (Lipinski definition) is 3. The van der Waals surface area contributed by atoms with E-state index in [9.17, 15) is 4.79 Å². The van der Waals surface area contributed by atoms with Gasteiger partial charge >= 0.3 is 0 Å². The molecule has 1 amide bonds. The van der Waals surface area contributed by atoms with Gasteiger partial charge in [-0.15, -0.1) is 0 Å². The normalized spacial score (nSPS) is 15.7. The van der Waals surface area contributed by atoms with Crippen LogP contribution in [0.25, 0.3) is 0 Å². The smallest absolute Gasteiger partial charge is 0.257 e. The molecule has 1 fully saturated rings. The third-order valence-electron chi connectivity index (χ3n) is 4.37. The summed E-state index contributed by atoms with van der Waals surface area (Å²) in [6, 6.07) is 3.67. The number of carbonyl (C=O) groups is 1. The Morgan fingerprint density at radius 2 is 2.18 bits per heavy atom. The highest BCUT2D eigenvalue weighted by Crippen LogP contribution is 2.26. The number of carbonyl (C=O) groups excluding carboxylic acids is 1. The van der Waals surface area contributed by atoms with E-state index < -0.39 is 0 Å². The summed E-state index contributed by atoms with van der Waals surface area (Å²) < 4.78 is 0. The number of pyridine rings is 1. The number of hydrogen-bond donors (Lipinski definition) is 2. The molecule has 5 heteroatoms. The van der Waals surface area contributed by atoms with E-state index in [0.29, 0.717) is 11.4 Å². The highest BCUT2D eigenvalue weighted by molar-refractivity contribution is 6.04. The monoisotopic (exact) mass is 298 g/mol. The zero-order chi connectivity index (χ0) is 15.4. The van der Waals surface area contributed by atoms with Gasteiger partial charge < -0.3 is 5.32 Å². The number of amides is 1. The summed E-state index contributed by atoms with van der Waals surface area (Å²) in [6.07, 6.45) is 11.0. The number of nitrogens with one attached hydrogen (secondary N) is 2. The fraction of sp³-hybridized carbons (Fsp3) is 0.471. The summed E-state index contributed by atoms with van der Waals surface area (Å²) in [6.45, 7) is 1.88. The van der Waals surface area contributed by atoms with Crippen LogP contribution in [0.5, 0.6) is 0 Å². The zero-order valence-corrected chi connectivity index (χ0v) is 12.9. The molecule has 116 valence electrons. The molecule has 22 heavy (non-hydrogen) atoms. The lowest BCUT2D eigenvalue weighted by Crippen LogP contribution is -2.13. The van der Waals surface area contributed by atoms with Gasteiger partial charge in [-0.05, 0) is 30.9 Å². The fourth-order valence-electron chi connectivity index (χ4n) is 3.14. The van der Waals surface area contributed by atoms with Gasteiger partial charge in [0, 0.05) is 29.7 Å². The quantitative estimate of drug-likeness (QED) is 0.907. The van der Waals surface area contributed by atoms with E-state index in [4.69, 9.17) is 0 Å². The van der Waals surface area contributed by atoms with Crippen molar-refractivity contribution in [2.75, 3.05) is 5.32 Å². The maximum Gasteiger partial charge on any atom is 0.257 e. The molecular formula is C17H22N4O. The number of anilines is 1. The molecular weight excluding hydrogens is 276 g/mol. The molecule has 3 rings (SSSR count). The lowest BCUT2D eigenvalue weighted by molar-refractivity contribution is 0.102. The first-order valence-electron chi connectivity index (χ1n) is 7.98. The molecule has 2 N–H and O–H groups in total. The molecule has 0 unspecified atom stereocenters. The van der Waals surface area contributed by atoms with Crippen LogP contribution in [0.3, 0.4) is 0 Å². The number of aryl methyl sites for hydroxylation is 1. The van der Waals surface area contributed by atoms with Crippen molar-refractivity contribution in [2.24, 2.45) is 5.92 Å². The summed E-state index contributed by atoms with van der Waals surface area (Å²) in [5.41, 5.74) is 2.60. The highest BCUT2D eigenvalue weighted by Gasteiger charge is 2.16. The third kappa shape index (κ3) is 3.53. The van der Waals surface area contributed by atoms with Crippen LogP contribution in [0.4, 0.5) is 5.82 Å². The second-order valence-electron chi connectivity index (χ2n) is 6.13. The topological polar surface area (TPSA) is 70.7 Å². The minimum atomic E-state index is -0.143. The summed E-state index contributed by atoms with van der Waals surface area (Å²) in [4.78, 5) is 16.2. The van der Waals surface area contributed by atoms with Gasteiger partial charge in [0.1, 0.15) is 0 Å². The van der Waals surface area contributed by atoms with Gasteiger partial charge in [-0.2, -0.15) is 5.10 Å². The lowest BCUT2D eigenvalue weighted by Gasteiger charge is -2.20. The molecule has 2 aromatic heterocycles. The number of H-pyrrole nitrogens is 1. The van der Waals surface area contributed by atoms with Gasteiger partial charge in [0.15, 0.2) is 5.82 Å². The molecule has 1 aliphatic carbocycles. The Bertz CT molecular complexity index is 644. The zero-order valence-electron chi connectivity index (χ0n) is 12.9. The van der Waals surface area contributed by atoms with E-state index in [0.717, 1.165) is 23.6 Å². The molecule has 5 nitrogen and oxygen atoms in total. The first kappa shape index (κ1) is 14.8. The first-order valence-corrected chi connectivity index (χ1v) is 7.98. The van der Waals surface area contributed by atoms with Gasteiger partial charge in [-0.1, -0.05) is 32.1 Å². The Morgan fingerprint density at radius 1 is 1.36 bits per heavy atom. The van der Waals surface area contributed by atoms with E-state index in [1.165, 1.54) is 32.1 Å². The van der Waals surface area contributed by atoms with E-state index in [2.05, 4.69) is 20.5 Å². The second kappa shape index (κ2) is 6.73. The SMILES string of the molecule is Cc1cnccc1C(=O)Nc1cc(CC2CCCCC2)[nH]n1. The Hall–Kier alpha value is -2.17. The highest BCUT2D eigenvalue weighted by atomic mass is 16.1. The summed E-state index contributed by atoms with van der Waals surface area (Å²) in [5.74, 6) is 1.20. The van der Waals surface area contributed by atoms with E-state index >= 15 is 0 Å². The van der Waals surface area contributed by atoms with Crippen molar-refractivity contribution >= 4 is 11.7 Å². The van der Waals surface area contributed by atoms with Crippen LogP contribution >= 0.6 is 0 Å². The van der Waals surface area contributed by atoms with Crippen molar-refractivity contribution in [3.05, 3.63) is 41.3 Å².